The standard InChI is InChI=1S/C19H17N3OS/c1-12-3-8-18(23-2)15(9-12)17-11-24-19-21-16(10-22(17)19)13-4-6-14(20)7-5-13/h3-11H,20H2,1-2H3. The molecule has 0 atom stereocenters. The molecule has 0 amide bonds. The van der Waals surface area contributed by atoms with Crippen LogP contribution < -0.4 is 10.5 Å². The van der Waals surface area contributed by atoms with E-state index in [0.717, 1.165) is 38.9 Å². The average Bonchev–Trinajstić information content (AvgIpc) is 3.16. The van der Waals surface area contributed by atoms with Gasteiger partial charge in [0.1, 0.15) is 5.75 Å². The first-order valence-electron chi connectivity index (χ1n) is 7.63. The van der Waals surface area contributed by atoms with Crippen molar-refractivity contribution in [2.45, 2.75) is 6.92 Å². The largest absolute Gasteiger partial charge is 0.496 e. The van der Waals surface area contributed by atoms with Crippen LogP contribution in [0.5, 0.6) is 5.75 Å². The number of hydrogen-bond acceptors (Lipinski definition) is 4. The molecule has 0 bridgehead atoms. The maximum atomic E-state index is 5.77. The van der Waals surface area contributed by atoms with Gasteiger partial charge in [-0.15, -0.1) is 11.3 Å². The number of nitrogen functional groups attached to an aromatic ring is 1. The van der Waals surface area contributed by atoms with Crippen LogP contribution in [0, 0.1) is 6.92 Å². The van der Waals surface area contributed by atoms with E-state index in [4.69, 9.17) is 15.5 Å². The minimum absolute atomic E-state index is 0.755. The summed E-state index contributed by atoms with van der Waals surface area (Å²) in [5.41, 5.74) is 11.9. The maximum absolute atomic E-state index is 5.77. The molecule has 0 fully saturated rings. The fourth-order valence-electron chi connectivity index (χ4n) is 2.79. The van der Waals surface area contributed by atoms with Crippen molar-refractivity contribution in [2.75, 3.05) is 12.8 Å². The number of ether oxygens (including phenoxy) is 1. The van der Waals surface area contributed by atoms with Crippen LogP contribution >= 0.6 is 11.3 Å². The van der Waals surface area contributed by atoms with Gasteiger partial charge in [-0.25, -0.2) is 4.98 Å². The van der Waals surface area contributed by atoms with E-state index in [1.807, 2.05) is 30.3 Å². The van der Waals surface area contributed by atoms with Crippen LogP contribution in [-0.4, -0.2) is 16.5 Å². The van der Waals surface area contributed by atoms with Gasteiger partial charge < -0.3 is 10.5 Å². The predicted octanol–water partition coefficient (Wildman–Crippen LogP) is 4.63. The molecular weight excluding hydrogens is 318 g/mol. The third-order valence-electron chi connectivity index (χ3n) is 4.05. The maximum Gasteiger partial charge on any atom is 0.194 e. The molecule has 4 nitrogen and oxygen atoms in total. The van der Waals surface area contributed by atoms with E-state index in [1.54, 1.807) is 18.4 Å². The Morgan fingerprint density at radius 2 is 1.92 bits per heavy atom. The topological polar surface area (TPSA) is 52.5 Å². The molecule has 0 spiro atoms. The van der Waals surface area contributed by atoms with Crippen molar-refractivity contribution in [1.29, 1.82) is 0 Å². The van der Waals surface area contributed by atoms with Gasteiger partial charge in [-0.2, -0.15) is 0 Å². The summed E-state index contributed by atoms with van der Waals surface area (Å²) in [4.78, 5) is 5.70. The van der Waals surface area contributed by atoms with Crippen LogP contribution in [0.15, 0.2) is 54.0 Å². The SMILES string of the molecule is COc1ccc(C)cc1-c1csc2nc(-c3ccc(N)cc3)cn12. The summed E-state index contributed by atoms with van der Waals surface area (Å²) < 4.78 is 7.65. The van der Waals surface area contributed by atoms with E-state index in [2.05, 4.69) is 35.0 Å². The van der Waals surface area contributed by atoms with E-state index >= 15 is 0 Å². The number of nitrogens with two attached hydrogens (primary N) is 1. The lowest BCUT2D eigenvalue weighted by atomic mass is 10.1. The normalized spacial score (nSPS) is 11.1. The molecule has 4 rings (SSSR count). The van der Waals surface area contributed by atoms with Crippen molar-refractivity contribution in [2.24, 2.45) is 0 Å². The summed E-state index contributed by atoms with van der Waals surface area (Å²) in [5, 5.41) is 2.12. The van der Waals surface area contributed by atoms with Gasteiger partial charge in [0.2, 0.25) is 0 Å². The van der Waals surface area contributed by atoms with E-state index in [9.17, 15) is 0 Å². The fraction of sp³-hybridized carbons (Fsp3) is 0.105. The Labute approximate surface area is 144 Å². The quantitative estimate of drug-likeness (QED) is 0.555. The number of hydrogen-bond donors (Lipinski definition) is 1. The second-order valence-corrected chi connectivity index (χ2v) is 6.56. The summed E-state index contributed by atoms with van der Waals surface area (Å²) in [7, 11) is 1.70. The zero-order chi connectivity index (χ0) is 16.7. The van der Waals surface area contributed by atoms with Gasteiger partial charge in [-0.05, 0) is 31.2 Å². The lowest BCUT2D eigenvalue weighted by Crippen LogP contribution is -1.91. The highest BCUT2D eigenvalue weighted by Gasteiger charge is 2.14. The molecule has 2 N–H and O–H groups in total. The highest BCUT2D eigenvalue weighted by molar-refractivity contribution is 7.15. The van der Waals surface area contributed by atoms with Gasteiger partial charge in [0.05, 0.1) is 18.5 Å². The van der Waals surface area contributed by atoms with Crippen LogP contribution in [0.3, 0.4) is 0 Å². The molecule has 2 heterocycles. The third-order valence-corrected chi connectivity index (χ3v) is 4.89. The molecule has 0 aliphatic heterocycles. The Kier molecular flexibility index (Phi) is 3.50. The van der Waals surface area contributed by atoms with E-state index < -0.39 is 0 Å². The third kappa shape index (κ3) is 2.43. The summed E-state index contributed by atoms with van der Waals surface area (Å²) >= 11 is 1.62. The van der Waals surface area contributed by atoms with E-state index in [-0.39, 0.29) is 0 Å². The van der Waals surface area contributed by atoms with Crippen LogP contribution in [-0.2, 0) is 0 Å². The van der Waals surface area contributed by atoms with Crippen LogP contribution in [0.4, 0.5) is 5.69 Å². The minimum Gasteiger partial charge on any atom is -0.496 e. The van der Waals surface area contributed by atoms with Crippen LogP contribution in [0.2, 0.25) is 0 Å². The first-order valence-corrected chi connectivity index (χ1v) is 8.51. The number of methoxy groups -OCH3 is 1. The lowest BCUT2D eigenvalue weighted by Gasteiger charge is -2.08. The van der Waals surface area contributed by atoms with E-state index in [1.165, 1.54) is 5.56 Å². The predicted molar refractivity (Wildman–Crippen MR) is 99.6 cm³/mol. The molecular formula is C19H17N3OS. The Bertz CT molecular complexity index is 1010. The number of aryl methyl sites for hydroxylation is 1. The number of fused-ring (bicyclic) bond motifs is 1. The highest BCUT2D eigenvalue weighted by atomic mass is 32.1. The Morgan fingerprint density at radius 1 is 1.12 bits per heavy atom. The monoisotopic (exact) mass is 335 g/mol. The fourth-order valence-corrected chi connectivity index (χ4v) is 3.67. The van der Waals surface area contributed by atoms with Gasteiger partial charge in [-0.1, -0.05) is 23.8 Å². The molecule has 120 valence electrons. The molecule has 0 saturated heterocycles. The summed E-state index contributed by atoms with van der Waals surface area (Å²) in [5.74, 6) is 0.864. The van der Waals surface area contributed by atoms with Gasteiger partial charge in [0, 0.05) is 28.4 Å². The zero-order valence-electron chi connectivity index (χ0n) is 13.5. The number of benzene rings is 2. The first-order chi connectivity index (χ1) is 11.7. The Balaban J connectivity index is 1.86. The summed E-state index contributed by atoms with van der Waals surface area (Å²) in [6.45, 7) is 2.08. The van der Waals surface area contributed by atoms with Gasteiger partial charge in [0.15, 0.2) is 4.96 Å². The van der Waals surface area contributed by atoms with E-state index in [0.29, 0.717) is 0 Å². The lowest BCUT2D eigenvalue weighted by molar-refractivity contribution is 0.416. The van der Waals surface area contributed by atoms with Crippen molar-refractivity contribution in [3.63, 3.8) is 0 Å². The van der Waals surface area contributed by atoms with Crippen LogP contribution in [0.25, 0.3) is 27.5 Å². The second kappa shape index (κ2) is 5.69. The van der Waals surface area contributed by atoms with Gasteiger partial charge in [0.25, 0.3) is 0 Å². The summed E-state index contributed by atoms with van der Waals surface area (Å²) in [6, 6.07) is 14.0. The number of thiazole rings is 1. The second-order valence-electron chi connectivity index (χ2n) is 5.73. The number of nitrogens with zero attached hydrogens (tertiary/aromatic N) is 2. The van der Waals surface area contributed by atoms with Crippen LogP contribution in [0.1, 0.15) is 5.56 Å². The molecule has 0 aliphatic rings. The molecule has 0 radical (unpaired) electrons. The van der Waals surface area contributed by atoms with Crippen molar-refractivity contribution in [1.82, 2.24) is 9.38 Å². The zero-order valence-corrected chi connectivity index (χ0v) is 14.3. The Morgan fingerprint density at radius 3 is 2.67 bits per heavy atom. The van der Waals surface area contributed by atoms with Crippen molar-refractivity contribution < 1.29 is 4.74 Å². The number of rotatable bonds is 3. The van der Waals surface area contributed by atoms with Crippen molar-refractivity contribution >= 4 is 22.0 Å². The molecule has 0 saturated carbocycles. The molecule has 0 unspecified atom stereocenters. The van der Waals surface area contributed by atoms with Gasteiger partial charge in [-0.3, -0.25) is 4.40 Å². The smallest absolute Gasteiger partial charge is 0.194 e. The number of anilines is 1. The highest BCUT2D eigenvalue weighted by Crippen LogP contribution is 2.35. The molecule has 24 heavy (non-hydrogen) atoms. The average molecular weight is 335 g/mol. The molecule has 5 heteroatoms. The molecule has 2 aromatic carbocycles. The molecule has 4 aromatic rings. The minimum atomic E-state index is 0.755. The Hall–Kier alpha value is -2.79. The first kappa shape index (κ1) is 14.8. The molecule has 0 aliphatic carbocycles. The molecule has 2 aromatic heterocycles. The van der Waals surface area contributed by atoms with Crippen molar-refractivity contribution in [3.05, 3.63) is 59.6 Å². The number of imidazole rings is 1. The van der Waals surface area contributed by atoms with Crippen molar-refractivity contribution in [3.8, 4) is 28.3 Å². The summed E-state index contributed by atoms with van der Waals surface area (Å²) in [6.07, 6.45) is 2.06. The van der Waals surface area contributed by atoms with Gasteiger partial charge >= 0.3 is 0 Å². The number of aromatic nitrogens is 2.